The van der Waals surface area contributed by atoms with Crippen molar-refractivity contribution in [2.75, 3.05) is 30.9 Å². The first-order valence-electron chi connectivity index (χ1n) is 5.25. The van der Waals surface area contributed by atoms with E-state index in [1.807, 2.05) is 0 Å². The highest BCUT2D eigenvalue weighted by molar-refractivity contribution is 6.32. The van der Waals surface area contributed by atoms with Crippen molar-refractivity contribution in [3.05, 3.63) is 11.5 Å². The average Bonchev–Trinajstić information content (AvgIpc) is 3.08. The van der Waals surface area contributed by atoms with Crippen LogP contribution in [-0.4, -0.2) is 36.3 Å². The van der Waals surface area contributed by atoms with E-state index in [4.69, 9.17) is 22.1 Å². The molecule has 16 heavy (non-hydrogen) atoms. The Kier molecular flexibility index (Phi) is 3.46. The number of hydrogen-bond acceptors (Lipinski definition) is 5. The number of anilines is 2. The van der Waals surface area contributed by atoms with E-state index in [0.29, 0.717) is 23.5 Å². The molecule has 0 saturated heterocycles. The molecule has 2 N–H and O–H groups in total. The Morgan fingerprint density at radius 1 is 1.56 bits per heavy atom. The molecule has 1 aliphatic rings. The molecule has 0 amide bonds. The summed E-state index contributed by atoms with van der Waals surface area (Å²) in [4.78, 5) is 10.2. The van der Waals surface area contributed by atoms with Gasteiger partial charge in [-0.25, -0.2) is 9.97 Å². The quantitative estimate of drug-likeness (QED) is 0.790. The van der Waals surface area contributed by atoms with Crippen LogP contribution in [0.1, 0.15) is 12.8 Å². The van der Waals surface area contributed by atoms with Crippen LogP contribution in [-0.2, 0) is 4.74 Å². The van der Waals surface area contributed by atoms with Crippen LogP contribution in [0.2, 0.25) is 5.15 Å². The lowest BCUT2D eigenvalue weighted by Gasteiger charge is -2.24. The zero-order valence-electron chi connectivity index (χ0n) is 9.19. The zero-order valence-corrected chi connectivity index (χ0v) is 9.94. The fourth-order valence-corrected chi connectivity index (χ4v) is 1.76. The molecular weight excluding hydrogens is 228 g/mol. The molecule has 0 aromatic carbocycles. The molecule has 2 rings (SSSR count). The molecule has 0 aliphatic heterocycles. The van der Waals surface area contributed by atoms with E-state index < -0.39 is 0 Å². The Bertz CT molecular complexity index is 370. The number of nitrogens with two attached hydrogens (primary N) is 1. The third-order valence-corrected chi connectivity index (χ3v) is 2.91. The molecule has 1 aromatic rings. The van der Waals surface area contributed by atoms with Crippen LogP contribution in [0.25, 0.3) is 0 Å². The lowest BCUT2D eigenvalue weighted by Crippen LogP contribution is -2.31. The highest BCUT2D eigenvalue weighted by atomic mass is 35.5. The van der Waals surface area contributed by atoms with E-state index in [-0.39, 0.29) is 0 Å². The molecule has 5 nitrogen and oxygen atoms in total. The van der Waals surface area contributed by atoms with Crippen molar-refractivity contribution in [1.29, 1.82) is 0 Å². The highest BCUT2D eigenvalue weighted by Crippen LogP contribution is 2.34. The van der Waals surface area contributed by atoms with E-state index in [1.165, 1.54) is 19.2 Å². The summed E-state index contributed by atoms with van der Waals surface area (Å²) in [6, 6.07) is 0.517. The van der Waals surface area contributed by atoms with Crippen molar-refractivity contribution in [2.45, 2.75) is 18.9 Å². The van der Waals surface area contributed by atoms with Gasteiger partial charge in [0.1, 0.15) is 12.0 Å². The van der Waals surface area contributed by atoms with E-state index >= 15 is 0 Å². The molecule has 0 bridgehead atoms. The van der Waals surface area contributed by atoms with Crippen LogP contribution in [0.15, 0.2) is 6.33 Å². The summed E-state index contributed by atoms with van der Waals surface area (Å²) in [6.45, 7) is 1.43. The van der Waals surface area contributed by atoms with E-state index in [1.54, 1.807) is 7.11 Å². The molecule has 1 fully saturated rings. The number of nitrogens with zero attached hydrogens (tertiary/aromatic N) is 3. The van der Waals surface area contributed by atoms with Gasteiger partial charge < -0.3 is 15.4 Å². The molecule has 0 spiro atoms. The topological polar surface area (TPSA) is 64.3 Å². The van der Waals surface area contributed by atoms with E-state index in [0.717, 1.165) is 12.4 Å². The second-order valence-corrected chi connectivity index (χ2v) is 4.18. The van der Waals surface area contributed by atoms with Gasteiger partial charge in [0.05, 0.1) is 6.61 Å². The van der Waals surface area contributed by atoms with Gasteiger partial charge >= 0.3 is 0 Å². The van der Waals surface area contributed by atoms with Crippen molar-refractivity contribution < 1.29 is 4.74 Å². The summed E-state index contributed by atoms with van der Waals surface area (Å²) in [5, 5.41) is 0.313. The van der Waals surface area contributed by atoms with Gasteiger partial charge in [0, 0.05) is 19.7 Å². The Morgan fingerprint density at radius 2 is 2.31 bits per heavy atom. The number of rotatable bonds is 5. The highest BCUT2D eigenvalue weighted by Gasteiger charge is 2.31. The fraction of sp³-hybridized carbons (Fsp3) is 0.600. The summed E-state index contributed by atoms with van der Waals surface area (Å²) < 4.78 is 5.08. The molecule has 0 atom stereocenters. The van der Waals surface area contributed by atoms with Crippen LogP contribution < -0.4 is 10.6 Å². The number of hydrogen-bond donors (Lipinski definition) is 1. The molecule has 1 saturated carbocycles. The molecule has 0 unspecified atom stereocenters. The second-order valence-electron chi connectivity index (χ2n) is 3.82. The van der Waals surface area contributed by atoms with Crippen molar-refractivity contribution in [2.24, 2.45) is 0 Å². The maximum atomic E-state index is 5.88. The maximum Gasteiger partial charge on any atom is 0.157 e. The third kappa shape index (κ3) is 2.36. The molecule has 6 heteroatoms. The zero-order chi connectivity index (χ0) is 11.5. The molecule has 88 valence electrons. The molecule has 1 aliphatic carbocycles. The van der Waals surface area contributed by atoms with E-state index in [2.05, 4.69) is 14.9 Å². The predicted octanol–water partition coefficient (Wildman–Crippen LogP) is 1.33. The number of methoxy groups -OCH3 is 1. The standard InChI is InChI=1S/C10H15ClN4O/c1-16-5-4-15(7-2-3-7)10-8(12)9(11)13-6-14-10/h6-7H,2-5,12H2,1H3. The van der Waals surface area contributed by atoms with Gasteiger partial charge in [-0.3, -0.25) is 0 Å². The number of halogens is 1. The first-order valence-corrected chi connectivity index (χ1v) is 5.63. The van der Waals surface area contributed by atoms with Gasteiger partial charge in [-0.05, 0) is 12.8 Å². The normalized spacial score (nSPS) is 15.1. The number of aromatic nitrogens is 2. The minimum Gasteiger partial charge on any atom is -0.393 e. The van der Waals surface area contributed by atoms with E-state index in [9.17, 15) is 0 Å². The van der Waals surface area contributed by atoms with Crippen LogP contribution >= 0.6 is 11.6 Å². The third-order valence-electron chi connectivity index (χ3n) is 2.61. The Morgan fingerprint density at radius 3 is 2.94 bits per heavy atom. The summed E-state index contributed by atoms with van der Waals surface area (Å²) in [7, 11) is 1.68. The molecule has 1 heterocycles. The Hall–Kier alpha value is -1.07. The summed E-state index contributed by atoms with van der Waals surface area (Å²) in [5.41, 5.74) is 6.33. The number of ether oxygens (including phenoxy) is 1. The SMILES string of the molecule is COCCN(c1ncnc(Cl)c1N)C1CC1. The Labute approximate surface area is 99.6 Å². The monoisotopic (exact) mass is 242 g/mol. The first-order chi connectivity index (χ1) is 7.74. The molecule has 0 radical (unpaired) electrons. The maximum absolute atomic E-state index is 5.88. The molecule has 1 aromatic heterocycles. The largest absolute Gasteiger partial charge is 0.393 e. The minimum absolute atomic E-state index is 0.313. The van der Waals surface area contributed by atoms with Crippen molar-refractivity contribution in [3.8, 4) is 0 Å². The minimum atomic E-state index is 0.313. The van der Waals surface area contributed by atoms with Crippen LogP contribution in [0.3, 0.4) is 0 Å². The molecular formula is C10H15ClN4O. The predicted molar refractivity (Wildman–Crippen MR) is 63.7 cm³/mol. The summed E-state index contributed by atoms with van der Waals surface area (Å²) in [5.74, 6) is 0.722. The van der Waals surface area contributed by atoms with Gasteiger partial charge in [0.15, 0.2) is 11.0 Å². The van der Waals surface area contributed by atoms with Crippen molar-refractivity contribution in [1.82, 2.24) is 9.97 Å². The lowest BCUT2D eigenvalue weighted by molar-refractivity contribution is 0.205. The van der Waals surface area contributed by atoms with Crippen molar-refractivity contribution >= 4 is 23.1 Å². The summed E-state index contributed by atoms with van der Waals surface area (Å²) in [6.07, 6.45) is 3.78. The number of nitrogen functional groups attached to an aromatic ring is 1. The summed E-state index contributed by atoms with van der Waals surface area (Å²) >= 11 is 5.88. The van der Waals surface area contributed by atoms with Gasteiger partial charge in [-0.1, -0.05) is 11.6 Å². The first kappa shape index (κ1) is 11.4. The fourth-order valence-electron chi connectivity index (χ4n) is 1.63. The lowest BCUT2D eigenvalue weighted by atomic mass is 10.4. The van der Waals surface area contributed by atoms with Crippen LogP contribution in [0.5, 0.6) is 0 Å². The van der Waals surface area contributed by atoms with Crippen LogP contribution in [0.4, 0.5) is 11.5 Å². The van der Waals surface area contributed by atoms with Gasteiger partial charge in [-0.15, -0.1) is 0 Å². The van der Waals surface area contributed by atoms with Gasteiger partial charge in [0.25, 0.3) is 0 Å². The van der Waals surface area contributed by atoms with Crippen LogP contribution in [0, 0.1) is 0 Å². The smallest absolute Gasteiger partial charge is 0.157 e. The van der Waals surface area contributed by atoms with Gasteiger partial charge in [0.2, 0.25) is 0 Å². The average molecular weight is 243 g/mol. The van der Waals surface area contributed by atoms with Crippen molar-refractivity contribution in [3.63, 3.8) is 0 Å². The Balaban J connectivity index is 2.20. The van der Waals surface area contributed by atoms with Gasteiger partial charge in [-0.2, -0.15) is 0 Å². The second kappa shape index (κ2) is 4.84.